The molecular weight excluding hydrogens is 340 g/mol. The van der Waals surface area contributed by atoms with Crippen LogP contribution in [0.1, 0.15) is 31.0 Å². The van der Waals surface area contributed by atoms with Crippen molar-refractivity contribution in [1.82, 2.24) is 4.98 Å². The summed E-state index contributed by atoms with van der Waals surface area (Å²) in [6, 6.07) is 8.55. The Kier molecular flexibility index (Phi) is 5.79. The molecule has 2 aromatic rings. The Morgan fingerprint density at radius 2 is 2.21 bits per heavy atom. The molecule has 1 aromatic carbocycles. The fourth-order valence-electron chi connectivity index (χ4n) is 2.69. The van der Waals surface area contributed by atoms with Gasteiger partial charge in [-0.3, -0.25) is 4.79 Å². The van der Waals surface area contributed by atoms with E-state index in [1.165, 1.54) is 21.9 Å². The molecule has 24 heavy (non-hydrogen) atoms. The normalized spacial score (nSPS) is 14.4. The van der Waals surface area contributed by atoms with Crippen molar-refractivity contribution in [2.24, 2.45) is 0 Å². The second-order valence-electron chi connectivity index (χ2n) is 6.04. The second kappa shape index (κ2) is 8.03. The zero-order valence-electron chi connectivity index (χ0n) is 14.0. The predicted octanol–water partition coefficient (Wildman–Crippen LogP) is 4.14. The van der Waals surface area contributed by atoms with Gasteiger partial charge in [0.1, 0.15) is 5.01 Å². The van der Waals surface area contributed by atoms with Gasteiger partial charge in [0.25, 0.3) is 0 Å². The van der Waals surface area contributed by atoms with Gasteiger partial charge in [-0.15, -0.1) is 23.1 Å². The molecule has 0 spiro atoms. The number of benzene rings is 1. The fourth-order valence-corrected chi connectivity index (χ4v) is 4.47. The highest BCUT2D eigenvalue weighted by atomic mass is 32.2. The summed E-state index contributed by atoms with van der Waals surface area (Å²) in [6.45, 7) is 5.54. The molecule has 0 radical (unpaired) electrons. The van der Waals surface area contributed by atoms with Crippen molar-refractivity contribution >= 4 is 34.8 Å². The molecule has 2 heterocycles. The maximum Gasteiger partial charge on any atom is 0.312 e. The van der Waals surface area contributed by atoms with Crippen LogP contribution in [0.15, 0.2) is 34.5 Å². The lowest BCUT2D eigenvalue weighted by Gasteiger charge is -2.23. The van der Waals surface area contributed by atoms with Gasteiger partial charge in [0, 0.05) is 16.8 Å². The topological polar surface area (TPSA) is 42.4 Å². The Hall–Kier alpha value is -1.53. The third-order valence-electron chi connectivity index (χ3n) is 3.65. The highest BCUT2D eigenvalue weighted by Gasteiger charge is 2.17. The SMILES string of the molecule is CC(C)OC(=O)Cc1nc(CN2CCCSc3ccccc32)cs1. The molecule has 1 aliphatic rings. The molecule has 0 saturated heterocycles. The number of hydrogen-bond acceptors (Lipinski definition) is 6. The van der Waals surface area contributed by atoms with Crippen LogP contribution in [0, 0.1) is 0 Å². The Morgan fingerprint density at radius 3 is 3.04 bits per heavy atom. The molecule has 128 valence electrons. The lowest BCUT2D eigenvalue weighted by molar-refractivity contribution is -0.146. The number of para-hydroxylation sites is 1. The van der Waals surface area contributed by atoms with E-state index in [4.69, 9.17) is 4.74 Å². The van der Waals surface area contributed by atoms with Gasteiger partial charge in [-0.25, -0.2) is 4.98 Å². The molecule has 0 aliphatic carbocycles. The van der Waals surface area contributed by atoms with Gasteiger partial charge in [-0.2, -0.15) is 0 Å². The number of carbonyl (C=O) groups excluding carboxylic acids is 1. The molecule has 0 atom stereocenters. The minimum absolute atomic E-state index is 0.0805. The van der Waals surface area contributed by atoms with E-state index in [-0.39, 0.29) is 18.5 Å². The molecule has 1 aliphatic heterocycles. The first-order chi connectivity index (χ1) is 11.6. The molecule has 0 fully saturated rings. The molecule has 1 aromatic heterocycles. The van der Waals surface area contributed by atoms with E-state index < -0.39 is 0 Å². The van der Waals surface area contributed by atoms with Crippen LogP contribution in [-0.4, -0.2) is 29.4 Å². The number of carbonyl (C=O) groups is 1. The maximum absolute atomic E-state index is 11.8. The lowest BCUT2D eigenvalue weighted by atomic mass is 10.2. The van der Waals surface area contributed by atoms with E-state index in [9.17, 15) is 4.79 Å². The van der Waals surface area contributed by atoms with E-state index in [1.54, 1.807) is 0 Å². The van der Waals surface area contributed by atoms with Gasteiger partial charge >= 0.3 is 5.97 Å². The number of fused-ring (bicyclic) bond motifs is 1. The Balaban J connectivity index is 1.67. The van der Waals surface area contributed by atoms with E-state index in [0.29, 0.717) is 0 Å². The average Bonchev–Trinajstić information content (AvgIpc) is 2.86. The van der Waals surface area contributed by atoms with Crippen LogP contribution in [0.3, 0.4) is 0 Å². The van der Waals surface area contributed by atoms with Crippen molar-refractivity contribution < 1.29 is 9.53 Å². The second-order valence-corrected chi connectivity index (χ2v) is 8.12. The summed E-state index contributed by atoms with van der Waals surface area (Å²) in [5.74, 6) is 0.944. The Morgan fingerprint density at radius 1 is 1.38 bits per heavy atom. The van der Waals surface area contributed by atoms with Crippen molar-refractivity contribution in [2.75, 3.05) is 17.2 Å². The van der Waals surface area contributed by atoms with Crippen molar-refractivity contribution in [3.05, 3.63) is 40.3 Å². The zero-order valence-corrected chi connectivity index (χ0v) is 15.7. The highest BCUT2D eigenvalue weighted by molar-refractivity contribution is 7.99. The molecule has 3 rings (SSSR count). The number of ether oxygens (including phenoxy) is 1. The van der Waals surface area contributed by atoms with E-state index in [0.717, 1.165) is 36.0 Å². The van der Waals surface area contributed by atoms with Crippen molar-refractivity contribution in [1.29, 1.82) is 0 Å². The van der Waals surface area contributed by atoms with Gasteiger partial charge in [-0.1, -0.05) is 12.1 Å². The smallest absolute Gasteiger partial charge is 0.312 e. The fraction of sp³-hybridized carbons (Fsp3) is 0.444. The molecule has 4 nitrogen and oxygen atoms in total. The van der Waals surface area contributed by atoms with E-state index >= 15 is 0 Å². The maximum atomic E-state index is 11.8. The van der Waals surface area contributed by atoms with Crippen LogP contribution in [-0.2, 0) is 22.5 Å². The summed E-state index contributed by atoms with van der Waals surface area (Å²) < 4.78 is 5.19. The minimum Gasteiger partial charge on any atom is -0.463 e. The van der Waals surface area contributed by atoms with Gasteiger partial charge in [0.05, 0.1) is 30.5 Å². The van der Waals surface area contributed by atoms with Crippen LogP contribution < -0.4 is 4.90 Å². The molecule has 0 unspecified atom stereocenters. The number of anilines is 1. The molecule has 0 N–H and O–H groups in total. The predicted molar refractivity (Wildman–Crippen MR) is 99.9 cm³/mol. The van der Waals surface area contributed by atoms with Gasteiger partial charge in [0.15, 0.2) is 0 Å². The first kappa shape index (κ1) is 17.3. The molecular formula is C18H22N2O2S2. The number of thiazole rings is 1. The molecule has 0 bridgehead atoms. The van der Waals surface area contributed by atoms with E-state index in [1.807, 2.05) is 25.6 Å². The summed E-state index contributed by atoms with van der Waals surface area (Å²) in [4.78, 5) is 20.1. The number of hydrogen-bond donors (Lipinski definition) is 0. The monoisotopic (exact) mass is 362 g/mol. The third-order valence-corrected chi connectivity index (χ3v) is 5.70. The van der Waals surface area contributed by atoms with Crippen molar-refractivity contribution in [2.45, 2.75) is 44.2 Å². The van der Waals surface area contributed by atoms with Crippen molar-refractivity contribution in [3.8, 4) is 0 Å². The number of esters is 1. The van der Waals surface area contributed by atoms with Gasteiger partial charge in [-0.05, 0) is 38.2 Å². The van der Waals surface area contributed by atoms with Crippen LogP contribution in [0.2, 0.25) is 0 Å². The summed E-state index contributed by atoms with van der Waals surface area (Å²) >= 11 is 3.46. The zero-order chi connectivity index (χ0) is 16.9. The average molecular weight is 363 g/mol. The number of thioether (sulfide) groups is 1. The molecule has 6 heteroatoms. The standard InChI is InChI=1S/C18H22N2O2S2/c1-13(2)22-18(21)10-17-19-14(12-24-17)11-20-8-5-9-23-16-7-4-3-6-15(16)20/h3-4,6-7,12-13H,5,8-11H2,1-2H3. The highest BCUT2D eigenvalue weighted by Crippen LogP contribution is 2.34. The van der Waals surface area contributed by atoms with Crippen LogP contribution in [0.5, 0.6) is 0 Å². The van der Waals surface area contributed by atoms with Crippen LogP contribution in [0.25, 0.3) is 0 Å². The lowest BCUT2D eigenvalue weighted by Crippen LogP contribution is -2.23. The number of rotatable bonds is 5. The molecule has 0 saturated carbocycles. The number of nitrogens with zero attached hydrogens (tertiary/aromatic N) is 2. The van der Waals surface area contributed by atoms with Crippen molar-refractivity contribution in [3.63, 3.8) is 0 Å². The largest absolute Gasteiger partial charge is 0.463 e. The summed E-state index contributed by atoms with van der Waals surface area (Å²) in [7, 11) is 0. The third kappa shape index (κ3) is 4.51. The number of aromatic nitrogens is 1. The minimum atomic E-state index is -0.206. The summed E-state index contributed by atoms with van der Waals surface area (Å²) in [6.07, 6.45) is 1.34. The van der Waals surface area contributed by atoms with E-state index in [2.05, 4.69) is 39.5 Å². The first-order valence-electron chi connectivity index (χ1n) is 8.21. The Bertz CT molecular complexity index is 700. The van der Waals surface area contributed by atoms with Crippen LogP contribution in [0.4, 0.5) is 5.69 Å². The van der Waals surface area contributed by atoms with Crippen LogP contribution >= 0.6 is 23.1 Å². The Labute approximate surface area is 151 Å². The van der Waals surface area contributed by atoms with Gasteiger partial charge < -0.3 is 9.64 Å². The van der Waals surface area contributed by atoms with Gasteiger partial charge in [0.2, 0.25) is 0 Å². The summed E-state index contributed by atoms with van der Waals surface area (Å²) in [5.41, 5.74) is 2.31. The quantitative estimate of drug-likeness (QED) is 0.748. The molecule has 0 amide bonds. The first-order valence-corrected chi connectivity index (χ1v) is 10.1. The summed E-state index contributed by atoms with van der Waals surface area (Å²) in [5, 5.41) is 2.88.